The van der Waals surface area contributed by atoms with E-state index in [2.05, 4.69) is 358 Å². The Bertz CT molecular complexity index is 6790. The van der Waals surface area contributed by atoms with Gasteiger partial charge >= 0.3 is 0 Å². The summed E-state index contributed by atoms with van der Waals surface area (Å²) < 4.78 is 9.15. The van der Waals surface area contributed by atoms with Gasteiger partial charge in [-0.25, -0.2) is 9.97 Å². The standard InChI is InChI=1S/C51H33N5.C45H29N5/c1-4-14-34(15-5-1)36-24-28-38(29-25-36)49-52-50(39-30-26-37(27-31-39)35-16-6-2-7-17-35)54-51(53-49)56-44-23-13-11-21-42(44)48-46(56)33-32-45-47(48)41-20-10-12-22-43(41)55(45)40-18-8-3-9-19-40;1-4-15-30(16-5-1)32-19-14-20-33(29-32)44-46-43(31-17-6-2-7-18-31)47-45(48-44)50-38-26-13-11-24-36(38)42-40(50)28-27-39-41(42)35-23-10-12-25-37(35)49(39)34-21-8-3-9-22-34/h1-33H;1-29H. The molecule has 0 saturated carbocycles. The van der Waals surface area contributed by atoms with E-state index in [-0.39, 0.29) is 0 Å². The molecule has 10 nitrogen and oxygen atoms in total. The summed E-state index contributed by atoms with van der Waals surface area (Å²) in [6.45, 7) is 0. The molecule has 0 amide bonds. The van der Waals surface area contributed by atoms with Gasteiger partial charge in [0.05, 0.1) is 44.1 Å². The summed E-state index contributed by atoms with van der Waals surface area (Å²) >= 11 is 0. The van der Waals surface area contributed by atoms with Crippen LogP contribution in [0, 0.1) is 0 Å². The van der Waals surface area contributed by atoms with E-state index in [1.165, 1.54) is 54.5 Å². The molecule has 0 aliphatic rings. The van der Waals surface area contributed by atoms with E-state index in [4.69, 9.17) is 29.9 Å². The molecule has 0 spiro atoms. The quantitative estimate of drug-likeness (QED) is 0.128. The molecule has 0 radical (unpaired) electrons. The monoisotopic (exact) mass is 1350 g/mol. The summed E-state index contributed by atoms with van der Waals surface area (Å²) in [6, 6.07) is 132. The van der Waals surface area contributed by atoms with E-state index in [0.29, 0.717) is 35.2 Å². The van der Waals surface area contributed by atoms with Gasteiger partial charge in [0.2, 0.25) is 11.9 Å². The van der Waals surface area contributed by atoms with Crippen molar-refractivity contribution < 1.29 is 0 Å². The normalized spacial score (nSPS) is 11.6. The SMILES string of the molecule is c1ccc(-c2ccc(-c3nc(-c4ccc(-c5ccccc5)cc4)nc(-n4c5ccccc5c5c6c7ccccc7n(-c7ccccc7)c6ccc54)n3)cc2)cc1.c1ccc(-c2cccc(-c3nc(-c4ccccc4)nc(-n4c5ccccc5c5c6c7ccccc7n(-c7ccccc7)c6ccc54)n3)c2)cc1. The van der Waals surface area contributed by atoms with Gasteiger partial charge in [0.15, 0.2) is 23.3 Å². The van der Waals surface area contributed by atoms with Crippen molar-refractivity contribution in [3.8, 4) is 102 Å². The third-order valence-electron chi connectivity index (χ3n) is 20.4. The molecule has 10 heteroatoms. The first-order valence-electron chi connectivity index (χ1n) is 35.7. The first kappa shape index (κ1) is 61.4. The number of benzene rings is 15. The van der Waals surface area contributed by atoms with E-state index in [0.717, 1.165) is 99.8 Å². The summed E-state index contributed by atoms with van der Waals surface area (Å²) in [5, 5.41) is 9.48. The molecule has 21 aromatic rings. The molecule has 0 unspecified atom stereocenters. The second-order valence-electron chi connectivity index (χ2n) is 26.6. The number of rotatable bonds is 11. The molecular weight excluding hydrogens is 1290 g/mol. The minimum absolute atomic E-state index is 0.571. The first-order valence-corrected chi connectivity index (χ1v) is 35.7. The highest BCUT2D eigenvalue weighted by Gasteiger charge is 2.26. The summed E-state index contributed by atoms with van der Waals surface area (Å²) in [7, 11) is 0. The topological polar surface area (TPSA) is 97.1 Å². The molecule has 496 valence electrons. The van der Waals surface area contributed by atoms with Gasteiger partial charge in [0.25, 0.3) is 0 Å². The molecule has 0 N–H and O–H groups in total. The van der Waals surface area contributed by atoms with Gasteiger partial charge in [0, 0.05) is 76.7 Å². The van der Waals surface area contributed by atoms with Crippen LogP contribution in [0.3, 0.4) is 0 Å². The Morgan fingerprint density at radius 3 is 0.745 bits per heavy atom. The maximum absolute atomic E-state index is 5.27. The lowest BCUT2D eigenvalue weighted by atomic mass is 10.0. The Kier molecular flexibility index (Phi) is 15.0. The molecule has 0 aliphatic heterocycles. The number of nitrogens with zero attached hydrogens (tertiary/aromatic N) is 10. The highest BCUT2D eigenvalue weighted by molar-refractivity contribution is 6.30. The fourth-order valence-electron chi connectivity index (χ4n) is 15.6. The largest absolute Gasteiger partial charge is 0.309 e. The van der Waals surface area contributed by atoms with Crippen LogP contribution in [0.1, 0.15) is 0 Å². The predicted molar refractivity (Wildman–Crippen MR) is 435 cm³/mol. The van der Waals surface area contributed by atoms with Crippen LogP contribution in [0.4, 0.5) is 0 Å². The van der Waals surface area contributed by atoms with Gasteiger partial charge in [-0.15, -0.1) is 0 Å². The fourth-order valence-corrected chi connectivity index (χ4v) is 15.6. The Balaban J connectivity index is 0.000000141. The smallest absolute Gasteiger partial charge is 0.238 e. The lowest BCUT2D eigenvalue weighted by Crippen LogP contribution is -2.06. The van der Waals surface area contributed by atoms with Crippen molar-refractivity contribution in [2.45, 2.75) is 0 Å². The zero-order valence-corrected chi connectivity index (χ0v) is 57.3. The van der Waals surface area contributed by atoms with Gasteiger partial charge in [-0.3, -0.25) is 9.13 Å². The van der Waals surface area contributed by atoms with Gasteiger partial charge in [-0.05, 0) is 112 Å². The number of hydrogen-bond acceptors (Lipinski definition) is 6. The molecule has 0 saturated heterocycles. The zero-order valence-electron chi connectivity index (χ0n) is 57.3. The second kappa shape index (κ2) is 25.8. The Morgan fingerprint density at radius 2 is 0.387 bits per heavy atom. The van der Waals surface area contributed by atoms with Gasteiger partial charge < -0.3 is 9.13 Å². The minimum atomic E-state index is 0.571. The lowest BCUT2D eigenvalue weighted by Gasteiger charge is -2.12. The highest BCUT2D eigenvalue weighted by Crippen LogP contribution is 2.45. The van der Waals surface area contributed by atoms with Crippen LogP contribution in [0.2, 0.25) is 0 Å². The van der Waals surface area contributed by atoms with Crippen LogP contribution in [0.15, 0.2) is 376 Å². The molecule has 15 aromatic carbocycles. The Morgan fingerprint density at radius 1 is 0.151 bits per heavy atom. The van der Waals surface area contributed by atoms with Crippen molar-refractivity contribution in [3.63, 3.8) is 0 Å². The Hall–Kier alpha value is -14.5. The van der Waals surface area contributed by atoms with Gasteiger partial charge in [-0.1, -0.05) is 297 Å². The molecule has 0 fully saturated rings. The lowest BCUT2D eigenvalue weighted by molar-refractivity contribution is 0.953. The molecular formula is C96H62N10. The average Bonchev–Trinajstić information content (AvgIpc) is 1.55. The third-order valence-corrected chi connectivity index (χ3v) is 20.4. The third kappa shape index (κ3) is 10.6. The van der Waals surface area contributed by atoms with Crippen LogP contribution >= 0.6 is 0 Å². The van der Waals surface area contributed by atoms with Crippen molar-refractivity contribution >= 4 is 87.2 Å². The summed E-state index contributed by atoms with van der Waals surface area (Å²) in [5.41, 5.74) is 21.7. The fraction of sp³-hybridized carbons (Fsp3) is 0. The van der Waals surface area contributed by atoms with Gasteiger partial charge in [-0.2, -0.15) is 19.9 Å². The summed E-state index contributed by atoms with van der Waals surface area (Å²) in [4.78, 5) is 31.2. The highest BCUT2D eigenvalue weighted by atomic mass is 15.2. The molecule has 0 atom stereocenters. The Labute approximate surface area is 610 Å². The van der Waals surface area contributed by atoms with Crippen LogP contribution in [-0.4, -0.2) is 48.2 Å². The van der Waals surface area contributed by atoms with Crippen molar-refractivity contribution in [3.05, 3.63) is 376 Å². The predicted octanol–water partition coefficient (Wildman–Crippen LogP) is 23.8. The van der Waals surface area contributed by atoms with E-state index < -0.39 is 0 Å². The van der Waals surface area contributed by atoms with E-state index in [1.54, 1.807) is 0 Å². The maximum Gasteiger partial charge on any atom is 0.238 e. The number of para-hydroxylation sites is 6. The minimum Gasteiger partial charge on any atom is -0.309 e. The molecule has 6 aromatic heterocycles. The maximum atomic E-state index is 5.27. The second-order valence-corrected chi connectivity index (χ2v) is 26.6. The molecule has 0 aliphatic carbocycles. The van der Waals surface area contributed by atoms with Gasteiger partial charge in [0.1, 0.15) is 0 Å². The van der Waals surface area contributed by atoms with Crippen molar-refractivity contribution in [2.24, 2.45) is 0 Å². The average molecular weight is 1360 g/mol. The molecule has 6 heterocycles. The van der Waals surface area contributed by atoms with Crippen LogP contribution in [0.25, 0.3) is 189 Å². The van der Waals surface area contributed by atoms with Crippen molar-refractivity contribution in [2.75, 3.05) is 0 Å². The van der Waals surface area contributed by atoms with Crippen molar-refractivity contribution in [1.82, 2.24) is 48.2 Å². The molecule has 0 bridgehead atoms. The number of fused-ring (bicyclic) bond motifs is 14. The van der Waals surface area contributed by atoms with Crippen LogP contribution < -0.4 is 0 Å². The first-order chi connectivity index (χ1) is 52.6. The summed E-state index contributed by atoms with van der Waals surface area (Å²) in [5.74, 6) is 3.63. The van der Waals surface area contributed by atoms with E-state index >= 15 is 0 Å². The van der Waals surface area contributed by atoms with Crippen LogP contribution in [-0.2, 0) is 0 Å². The molecule has 106 heavy (non-hydrogen) atoms. The zero-order chi connectivity index (χ0) is 70.0. The van der Waals surface area contributed by atoms with Crippen LogP contribution in [0.5, 0.6) is 0 Å². The number of aromatic nitrogens is 10. The number of hydrogen-bond donors (Lipinski definition) is 0. The van der Waals surface area contributed by atoms with Crippen molar-refractivity contribution in [1.29, 1.82) is 0 Å². The summed E-state index contributed by atoms with van der Waals surface area (Å²) in [6.07, 6.45) is 0. The molecule has 21 rings (SSSR count). The van der Waals surface area contributed by atoms with E-state index in [9.17, 15) is 0 Å². The van der Waals surface area contributed by atoms with E-state index in [1.807, 2.05) is 36.4 Å².